The maximum atomic E-state index is 13.0. The first kappa shape index (κ1) is 15.8. The summed E-state index contributed by atoms with van der Waals surface area (Å²) in [7, 11) is -2.01. The molecule has 3 nitrogen and oxygen atoms in total. The van der Waals surface area contributed by atoms with Gasteiger partial charge in [0.1, 0.15) is 5.75 Å². The predicted molar refractivity (Wildman–Crippen MR) is 99.9 cm³/mol. The van der Waals surface area contributed by atoms with Gasteiger partial charge in [-0.15, -0.1) is 0 Å². The standard InChI is InChI=1S/C19H23NO2Si/c1-19(2,3)23(4,5)22-16-12-8-11-15-17(16)18(21)13-9-6-7-10-14(13)20-15/h6-12H,1-5H3,(H,20,21). The molecule has 3 rings (SSSR count). The Morgan fingerprint density at radius 3 is 2.30 bits per heavy atom. The SMILES string of the molecule is CC(C)(C)[Si](C)(C)Oc1cccc2[nH]c3ccccc3c(=O)c12. The van der Waals surface area contributed by atoms with Crippen LogP contribution in [0.15, 0.2) is 47.3 Å². The van der Waals surface area contributed by atoms with Gasteiger partial charge in [0.25, 0.3) is 8.32 Å². The molecule has 0 aliphatic heterocycles. The second-order valence-corrected chi connectivity index (χ2v) is 12.3. The molecule has 0 aliphatic rings. The van der Waals surface area contributed by atoms with E-state index in [0.717, 1.165) is 11.0 Å². The molecule has 23 heavy (non-hydrogen) atoms. The number of pyridine rings is 1. The van der Waals surface area contributed by atoms with Crippen LogP contribution in [0.2, 0.25) is 18.1 Å². The van der Waals surface area contributed by atoms with Crippen LogP contribution in [0.3, 0.4) is 0 Å². The molecular formula is C19H23NO2Si. The van der Waals surface area contributed by atoms with Crippen LogP contribution >= 0.6 is 0 Å². The molecule has 0 aliphatic carbocycles. The molecule has 4 heteroatoms. The molecule has 0 saturated carbocycles. The Kier molecular flexibility index (Phi) is 3.60. The summed E-state index contributed by atoms with van der Waals surface area (Å²) in [6.45, 7) is 11.0. The highest BCUT2D eigenvalue weighted by molar-refractivity contribution is 6.74. The van der Waals surface area contributed by atoms with Crippen LogP contribution in [-0.2, 0) is 0 Å². The van der Waals surface area contributed by atoms with Crippen LogP contribution in [0.5, 0.6) is 5.75 Å². The molecule has 0 bridgehead atoms. The minimum atomic E-state index is -2.01. The number of fused-ring (bicyclic) bond motifs is 2. The fraction of sp³-hybridized carbons (Fsp3) is 0.316. The van der Waals surface area contributed by atoms with Crippen molar-refractivity contribution in [1.82, 2.24) is 4.98 Å². The fourth-order valence-corrected chi connectivity index (χ4v) is 3.48. The third-order valence-corrected chi connectivity index (χ3v) is 9.21. The first-order chi connectivity index (χ1) is 10.7. The first-order valence-electron chi connectivity index (χ1n) is 7.93. The van der Waals surface area contributed by atoms with Gasteiger partial charge in [0.2, 0.25) is 5.43 Å². The van der Waals surface area contributed by atoms with Gasteiger partial charge in [-0.1, -0.05) is 39.0 Å². The number of para-hydroxylation sites is 1. The summed E-state index contributed by atoms with van der Waals surface area (Å²) < 4.78 is 6.43. The summed E-state index contributed by atoms with van der Waals surface area (Å²) in [6.07, 6.45) is 0. The molecule has 0 amide bonds. The number of aromatic nitrogens is 1. The summed E-state index contributed by atoms with van der Waals surface area (Å²) in [5.41, 5.74) is 1.71. The number of benzene rings is 2. The Morgan fingerprint density at radius 2 is 1.61 bits per heavy atom. The van der Waals surface area contributed by atoms with Crippen LogP contribution in [0.25, 0.3) is 21.8 Å². The van der Waals surface area contributed by atoms with Crippen molar-refractivity contribution in [3.8, 4) is 5.75 Å². The minimum Gasteiger partial charge on any atom is -0.543 e. The van der Waals surface area contributed by atoms with Crippen molar-refractivity contribution in [1.29, 1.82) is 0 Å². The molecule has 0 saturated heterocycles. The quantitative estimate of drug-likeness (QED) is 0.528. The number of H-pyrrole nitrogens is 1. The van der Waals surface area contributed by atoms with E-state index >= 15 is 0 Å². The smallest absolute Gasteiger partial charge is 0.250 e. The molecule has 0 radical (unpaired) electrons. The van der Waals surface area contributed by atoms with Gasteiger partial charge >= 0.3 is 0 Å². The summed E-state index contributed by atoms with van der Waals surface area (Å²) in [4.78, 5) is 16.3. The van der Waals surface area contributed by atoms with E-state index in [2.05, 4.69) is 38.8 Å². The van der Waals surface area contributed by atoms with E-state index in [1.807, 2.05) is 42.5 Å². The van der Waals surface area contributed by atoms with Gasteiger partial charge in [0, 0.05) is 10.9 Å². The molecule has 2 aromatic carbocycles. The van der Waals surface area contributed by atoms with E-state index in [-0.39, 0.29) is 10.5 Å². The van der Waals surface area contributed by atoms with Crippen LogP contribution in [0.4, 0.5) is 0 Å². The average Bonchev–Trinajstić information content (AvgIpc) is 2.46. The van der Waals surface area contributed by atoms with E-state index in [1.165, 1.54) is 0 Å². The topological polar surface area (TPSA) is 42.1 Å². The van der Waals surface area contributed by atoms with Crippen molar-refractivity contribution in [2.45, 2.75) is 38.9 Å². The number of rotatable bonds is 2. The lowest BCUT2D eigenvalue weighted by atomic mass is 10.1. The van der Waals surface area contributed by atoms with Gasteiger partial charge in [0.05, 0.1) is 10.9 Å². The Morgan fingerprint density at radius 1 is 0.957 bits per heavy atom. The molecule has 1 N–H and O–H groups in total. The van der Waals surface area contributed by atoms with E-state index < -0.39 is 8.32 Å². The van der Waals surface area contributed by atoms with Crippen molar-refractivity contribution < 1.29 is 4.43 Å². The fourth-order valence-electron chi connectivity index (χ4n) is 2.45. The van der Waals surface area contributed by atoms with Gasteiger partial charge in [-0.3, -0.25) is 4.79 Å². The monoisotopic (exact) mass is 325 g/mol. The van der Waals surface area contributed by atoms with Crippen molar-refractivity contribution in [3.63, 3.8) is 0 Å². The molecule has 0 fully saturated rings. The molecule has 1 aromatic heterocycles. The summed E-state index contributed by atoms with van der Waals surface area (Å²) >= 11 is 0. The highest BCUT2D eigenvalue weighted by Crippen LogP contribution is 2.38. The van der Waals surface area contributed by atoms with Gasteiger partial charge in [-0.2, -0.15) is 0 Å². The van der Waals surface area contributed by atoms with E-state index in [9.17, 15) is 4.79 Å². The van der Waals surface area contributed by atoms with E-state index in [4.69, 9.17) is 4.43 Å². The maximum Gasteiger partial charge on any atom is 0.250 e. The average molecular weight is 325 g/mol. The maximum absolute atomic E-state index is 13.0. The lowest BCUT2D eigenvalue weighted by Gasteiger charge is -2.36. The van der Waals surface area contributed by atoms with Crippen molar-refractivity contribution in [2.24, 2.45) is 0 Å². The molecule has 120 valence electrons. The summed E-state index contributed by atoms with van der Waals surface area (Å²) in [6, 6.07) is 13.4. The van der Waals surface area contributed by atoms with Gasteiger partial charge in [0.15, 0.2) is 0 Å². The van der Waals surface area contributed by atoms with Crippen molar-refractivity contribution in [2.75, 3.05) is 0 Å². The highest BCUT2D eigenvalue weighted by atomic mass is 28.4. The summed E-state index contributed by atoms with van der Waals surface area (Å²) in [5.74, 6) is 0.695. The number of aromatic amines is 1. The molecular weight excluding hydrogens is 302 g/mol. The van der Waals surface area contributed by atoms with E-state index in [0.29, 0.717) is 16.5 Å². The number of hydrogen-bond acceptors (Lipinski definition) is 2. The lowest BCUT2D eigenvalue weighted by molar-refractivity contribution is 0.496. The molecule has 0 atom stereocenters. The zero-order valence-corrected chi connectivity index (χ0v) is 15.4. The minimum absolute atomic E-state index is 0.0312. The lowest BCUT2D eigenvalue weighted by Crippen LogP contribution is -2.44. The Balaban J connectivity index is 2.27. The van der Waals surface area contributed by atoms with Crippen LogP contribution in [-0.4, -0.2) is 13.3 Å². The van der Waals surface area contributed by atoms with Crippen molar-refractivity contribution in [3.05, 3.63) is 52.7 Å². The van der Waals surface area contributed by atoms with Crippen LogP contribution in [0.1, 0.15) is 20.8 Å². The zero-order valence-electron chi connectivity index (χ0n) is 14.4. The highest BCUT2D eigenvalue weighted by Gasteiger charge is 2.39. The third kappa shape index (κ3) is 2.68. The molecule has 1 heterocycles. The molecule has 0 spiro atoms. The Labute approximate surface area is 137 Å². The predicted octanol–water partition coefficient (Wildman–Crippen LogP) is 5.07. The molecule has 3 aromatic rings. The van der Waals surface area contributed by atoms with E-state index in [1.54, 1.807) is 0 Å². The Bertz CT molecular complexity index is 935. The number of nitrogens with one attached hydrogen (secondary N) is 1. The zero-order chi connectivity index (χ0) is 16.8. The first-order valence-corrected chi connectivity index (χ1v) is 10.8. The summed E-state index contributed by atoms with van der Waals surface area (Å²) in [5, 5.41) is 1.43. The van der Waals surface area contributed by atoms with Gasteiger partial charge in [-0.25, -0.2) is 0 Å². The normalized spacial score (nSPS) is 12.7. The second-order valence-electron chi connectivity index (χ2n) is 7.54. The largest absolute Gasteiger partial charge is 0.543 e. The van der Waals surface area contributed by atoms with Gasteiger partial charge in [-0.05, 0) is 42.4 Å². The third-order valence-electron chi connectivity index (χ3n) is 4.87. The Hall–Kier alpha value is -2.07. The van der Waals surface area contributed by atoms with Crippen molar-refractivity contribution >= 4 is 30.1 Å². The molecule has 0 unspecified atom stereocenters. The second kappa shape index (κ2) is 5.23. The number of hydrogen-bond donors (Lipinski definition) is 1. The van der Waals surface area contributed by atoms with Crippen LogP contribution < -0.4 is 9.85 Å². The van der Waals surface area contributed by atoms with Gasteiger partial charge < -0.3 is 9.41 Å². The van der Waals surface area contributed by atoms with Crippen LogP contribution in [0, 0.1) is 0 Å².